The fraction of sp³-hybridized carbons (Fsp3) is 0.625. The van der Waals surface area contributed by atoms with Gasteiger partial charge in [0.05, 0.1) is 12.6 Å². The molecule has 2 rings (SSSR count). The van der Waals surface area contributed by atoms with Crippen molar-refractivity contribution in [2.45, 2.75) is 45.6 Å². The summed E-state index contributed by atoms with van der Waals surface area (Å²) in [6.45, 7) is 4.47. The highest BCUT2D eigenvalue weighted by Crippen LogP contribution is 2.31. The van der Waals surface area contributed by atoms with Crippen molar-refractivity contribution in [2.24, 2.45) is 5.92 Å². The van der Waals surface area contributed by atoms with Gasteiger partial charge in [0, 0.05) is 16.9 Å². The zero-order valence-corrected chi connectivity index (χ0v) is 13.5. The largest absolute Gasteiger partial charge is 0.598 e. The van der Waals surface area contributed by atoms with Crippen LogP contribution in [0.2, 0.25) is 0 Å². The van der Waals surface area contributed by atoms with Crippen LogP contribution in [0, 0.1) is 11.7 Å². The van der Waals surface area contributed by atoms with Crippen molar-refractivity contribution in [2.75, 3.05) is 12.4 Å². The summed E-state index contributed by atoms with van der Waals surface area (Å²) in [5.74, 6) is 1.14. The number of halogens is 1. The second-order valence-electron chi connectivity index (χ2n) is 5.66. The monoisotopic (exact) mass is 313 g/mol. The van der Waals surface area contributed by atoms with Gasteiger partial charge in [-0.3, -0.25) is 0 Å². The van der Waals surface area contributed by atoms with E-state index in [9.17, 15) is 8.94 Å². The lowest BCUT2D eigenvalue weighted by molar-refractivity contribution is 0.284. The van der Waals surface area contributed by atoms with E-state index >= 15 is 0 Å². The van der Waals surface area contributed by atoms with Gasteiger partial charge >= 0.3 is 0 Å². The van der Waals surface area contributed by atoms with Gasteiger partial charge in [-0.1, -0.05) is 25.5 Å². The highest BCUT2D eigenvalue weighted by Gasteiger charge is 2.24. The Balaban J connectivity index is 1.95. The quantitative estimate of drug-likeness (QED) is 0.707. The van der Waals surface area contributed by atoms with Crippen LogP contribution >= 0.6 is 0 Å². The second-order valence-corrected chi connectivity index (χ2v) is 6.99. The van der Waals surface area contributed by atoms with Crippen molar-refractivity contribution in [1.82, 2.24) is 4.72 Å². The molecule has 1 aromatic carbocycles. The molecule has 0 spiro atoms. The third-order valence-electron chi connectivity index (χ3n) is 3.62. The van der Waals surface area contributed by atoms with Crippen molar-refractivity contribution in [1.29, 1.82) is 0 Å². The van der Waals surface area contributed by atoms with Crippen LogP contribution < -0.4 is 9.46 Å². The van der Waals surface area contributed by atoms with Gasteiger partial charge in [-0.05, 0) is 38.2 Å². The number of benzene rings is 1. The van der Waals surface area contributed by atoms with Crippen molar-refractivity contribution in [3.8, 4) is 5.75 Å². The number of rotatable bonds is 9. The predicted molar refractivity (Wildman–Crippen MR) is 84.1 cm³/mol. The molecular weight excluding hydrogens is 289 g/mol. The maximum absolute atomic E-state index is 14.4. The molecule has 1 fully saturated rings. The van der Waals surface area contributed by atoms with E-state index in [1.807, 2.05) is 6.92 Å². The molecule has 1 aliphatic rings. The first-order chi connectivity index (χ1) is 10.1. The minimum absolute atomic E-state index is 0.299. The van der Waals surface area contributed by atoms with Gasteiger partial charge < -0.3 is 9.29 Å². The predicted octanol–water partition coefficient (Wildman–Crippen LogP) is 3.73. The molecule has 0 aromatic heterocycles. The normalized spacial score (nSPS) is 17.5. The fourth-order valence-corrected chi connectivity index (χ4v) is 3.25. The Bertz CT molecular complexity index is 454. The summed E-state index contributed by atoms with van der Waals surface area (Å²) in [7, 11) is 0. The lowest BCUT2D eigenvalue weighted by Gasteiger charge is -2.18. The maximum Gasteiger partial charge on any atom is 0.169 e. The molecule has 0 unspecified atom stereocenters. The van der Waals surface area contributed by atoms with Crippen LogP contribution in [-0.4, -0.2) is 16.9 Å². The molecule has 1 aromatic rings. The van der Waals surface area contributed by atoms with Crippen LogP contribution in [0.4, 0.5) is 4.39 Å². The summed E-state index contributed by atoms with van der Waals surface area (Å²) in [5, 5.41) is 0. The minimum atomic E-state index is -1.12. The fourth-order valence-electron chi connectivity index (χ4n) is 2.06. The summed E-state index contributed by atoms with van der Waals surface area (Å²) in [6.07, 6.45) is 4.26. The molecule has 0 saturated heterocycles. The van der Waals surface area contributed by atoms with E-state index in [0.29, 0.717) is 29.6 Å². The summed E-state index contributed by atoms with van der Waals surface area (Å²) in [4.78, 5) is 0. The van der Waals surface area contributed by atoms with Crippen LogP contribution in [0.1, 0.15) is 51.1 Å². The minimum Gasteiger partial charge on any atom is -0.598 e. The van der Waals surface area contributed by atoms with Crippen molar-refractivity contribution >= 4 is 11.4 Å². The molecule has 3 nitrogen and oxygen atoms in total. The Morgan fingerprint density at radius 1 is 1.48 bits per heavy atom. The van der Waals surface area contributed by atoms with Gasteiger partial charge in [0.15, 0.2) is 11.6 Å². The molecule has 0 aliphatic heterocycles. The average molecular weight is 313 g/mol. The maximum atomic E-state index is 14.4. The van der Waals surface area contributed by atoms with Gasteiger partial charge in [0.1, 0.15) is 5.75 Å². The summed E-state index contributed by atoms with van der Waals surface area (Å²) >= 11 is -1.12. The Hall–Kier alpha value is -0.780. The Morgan fingerprint density at radius 3 is 2.90 bits per heavy atom. The van der Waals surface area contributed by atoms with E-state index in [0.717, 1.165) is 12.8 Å². The van der Waals surface area contributed by atoms with E-state index < -0.39 is 11.4 Å². The first-order valence-corrected chi connectivity index (χ1v) is 8.99. The van der Waals surface area contributed by atoms with Crippen LogP contribution in [0.5, 0.6) is 5.75 Å². The Morgan fingerprint density at radius 2 is 2.24 bits per heavy atom. The molecule has 0 radical (unpaired) electrons. The Labute approximate surface area is 129 Å². The van der Waals surface area contributed by atoms with Crippen LogP contribution in [0.25, 0.3) is 0 Å². The van der Waals surface area contributed by atoms with E-state index in [2.05, 4.69) is 11.6 Å². The molecule has 21 heavy (non-hydrogen) atoms. The molecule has 5 heteroatoms. The van der Waals surface area contributed by atoms with E-state index in [1.165, 1.54) is 12.8 Å². The topological polar surface area (TPSA) is 44.3 Å². The lowest BCUT2D eigenvalue weighted by atomic mass is 10.1. The third kappa shape index (κ3) is 5.16. The highest BCUT2D eigenvalue weighted by molar-refractivity contribution is 7.89. The van der Waals surface area contributed by atoms with Crippen molar-refractivity contribution in [3.63, 3.8) is 0 Å². The van der Waals surface area contributed by atoms with Crippen LogP contribution in [0.3, 0.4) is 0 Å². The summed E-state index contributed by atoms with van der Waals surface area (Å²) < 4.78 is 34.8. The molecule has 0 amide bonds. The zero-order valence-electron chi connectivity index (χ0n) is 12.7. The first-order valence-electron chi connectivity index (χ1n) is 7.67. The van der Waals surface area contributed by atoms with Gasteiger partial charge in [0.25, 0.3) is 0 Å². The van der Waals surface area contributed by atoms with E-state index in [1.54, 1.807) is 18.2 Å². The van der Waals surface area contributed by atoms with Crippen LogP contribution in [-0.2, 0) is 11.4 Å². The number of nitrogens with one attached hydrogen (secondary N) is 1. The van der Waals surface area contributed by atoms with Gasteiger partial charge in [-0.15, -0.1) is 4.72 Å². The van der Waals surface area contributed by atoms with Gasteiger partial charge in [-0.2, -0.15) is 0 Å². The van der Waals surface area contributed by atoms with E-state index in [4.69, 9.17) is 4.74 Å². The summed E-state index contributed by atoms with van der Waals surface area (Å²) in [5.41, 5.74) is 0.508. The van der Waals surface area contributed by atoms with Crippen LogP contribution in [0.15, 0.2) is 18.2 Å². The molecular formula is C16H24FNO2S. The molecule has 0 bridgehead atoms. The Kier molecular flexibility index (Phi) is 6.33. The number of hydrogen-bond acceptors (Lipinski definition) is 3. The molecule has 0 heterocycles. The highest BCUT2D eigenvalue weighted by atomic mass is 32.2. The van der Waals surface area contributed by atoms with Crippen molar-refractivity contribution in [3.05, 3.63) is 29.6 Å². The first kappa shape index (κ1) is 16.6. The number of hydrogen-bond donors (Lipinski definition) is 1. The molecule has 118 valence electrons. The SMILES string of the molecule is CCCC[S@+]([O-])N[C@@H](C)c1cccc(OCC2CC2)c1F. The standard InChI is InChI=1S/C16H24FNO2S/c1-3-4-10-21(19)18-12(2)14-6-5-7-15(16(14)17)20-11-13-8-9-13/h5-7,12-13,18H,3-4,8-11H2,1-2H3/t12-,21-/m0/s1. The zero-order chi connectivity index (χ0) is 15.2. The average Bonchev–Trinajstić information content (AvgIpc) is 3.28. The molecule has 1 N–H and O–H groups in total. The van der Waals surface area contributed by atoms with Crippen molar-refractivity contribution < 1.29 is 13.7 Å². The van der Waals surface area contributed by atoms with Gasteiger partial charge in [0.2, 0.25) is 0 Å². The lowest BCUT2D eigenvalue weighted by Crippen LogP contribution is -2.29. The molecule has 1 saturated carbocycles. The molecule has 1 aliphatic carbocycles. The number of unbranched alkanes of at least 4 members (excludes halogenated alkanes) is 1. The number of ether oxygens (including phenoxy) is 1. The van der Waals surface area contributed by atoms with E-state index in [-0.39, 0.29) is 11.9 Å². The van der Waals surface area contributed by atoms with Gasteiger partial charge in [-0.25, -0.2) is 4.39 Å². The second kappa shape index (κ2) is 8.01. The third-order valence-corrected chi connectivity index (χ3v) is 4.90. The summed E-state index contributed by atoms with van der Waals surface area (Å²) in [6, 6.07) is 4.86. The smallest absolute Gasteiger partial charge is 0.169 e. The molecule has 2 atom stereocenters.